The summed E-state index contributed by atoms with van der Waals surface area (Å²) in [6.45, 7) is 3.17. The number of nitrogens with zero attached hydrogens (tertiary/aromatic N) is 3. The number of hydrogen-bond acceptors (Lipinski definition) is 4. The molecule has 0 aliphatic carbocycles. The van der Waals surface area contributed by atoms with Crippen LogP contribution in [0.2, 0.25) is 0 Å². The molecule has 0 aliphatic rings. The first-order chi connectivity index (χ1) is 9.61. The lowest BCUT2D eigenvalue weighted by Crippen LogP contribution is -2.09. The van der Waals surface area contributed by atoms with E-state index < -0.39 is 10.7 Å². The molecule has 2 rings (SSSR count). The third-order valence-corrected chi connectivity index (χ3v) is 2.86. The number of nitrogens with one attached hydrogen (secondary N) is 1. The normalized spacial score (nSPS) is 10.5. The Bertz CT molecular complexity index is 612. The first kappa shape index (κ1) is 14.0. The zero-order valence-corrected chi connectivity index (χ0v) is 11.0. The Morgan fingerprint density at radius 1 is 1.50 bits per heavy atom. The summed E-state index contributed by atoms with van der Waals surface area (Å²) in [4.78, 5) is 14.5. The molecule has 1 heterocycles. The van der Waals surface area contributed by atoms with Crippen molar-refractivity contribution < 1.29 is 9.31 Å². The van der Waals surface area contributed by atoms with E-state index in [4.69, 9.17) is 0 Å². The van der Waals surface area contributed by atoms with Crippen LogP contribution in [-0.2, 0) is 13.1 Å². The van der Waals surface area contributed by atoms with Crippen LogP contribution in [0.4, 0.5) is 15.8 Å². The molecule has 0 radical (unpaired) electrons. The predicted octanol–water partition coefficient (Wildman–Crippen LogP) is 2.95. The second-order valence-corrected chi connectivity index (χ2v) is 4.31. The second-order valence-electron chi connectivity index (χ2n) is 4.31. The van der Waals surface area contributed by atoms with E-state index >= 15 is 0 Å². The lowest BCUT2D eigenvalue weighted by atomic mass is 10.2. The van der Waals surface area contributed by atoms with Crippen LogP contribution in [-0.4, -0.2) is 14.5 Å². The molecule has 0 amide bonds. The molecule has 106 valence electrons. The Kier molecular flexibility index (Phi) is 4.29. The molecule has 0 saturated carbocycles. The molecule has 0 aliphatic heterocycles. The monoisotopic (exact) mass is 278 g/mol. The molecule has 7 heteroatoms. The molecule has 2 aromatic rings. The van der Waals surface area contributed by atoms with Gasteiger partial charge in [-0.2, -0.15) is 0 Å². The highest BCUT2D eigenvalue weighted by Gasteiger charge is 2.14. The number of nitro groups is 1. The molecule has 0 fully saturated rings. The fourth-order valence-electron chi connectivity index (χ4n) is 1.94. The number of aromatic nitrogens is 2. The lowest BCUT2D eigenvalue weighted by molar-refractivity contribution is -0.384. The van der Waals surface area contributed by atoms with Crippen molar-refractivity contribution >= 4 is 11.4 Å². The maximum absolute atomic E-state index is 13.2. The van der Waals surface area contributed by atoms with E-state index in [1.54, 1.807) is 6.20 Å². The summed E-state index contributed by atoms with van der Waals surface area (Å²) in [5, 5.41) is 13.8. The van der Waals surface area contributed by atoms with Gasteiger partial charge in [0.25, 0.3) is 5.69 Å². The molecule has 1 N–H and O–H groups in total. The highest BCUT2D eigenvalue weighted by molar-refractivity contribution is 5.61. The molecule has 0 spiro atoms. The molecule has 0 saturated heterocycles. The van der Waals surface area contributed by atoms with E-state index in [0.717, 1.165) is 37.0 Å². The number of nitro benzene ring substituents is 1. The Hall–Kier alpha value is -2.44. The van der Waals surface area contributed by atoms with Gasteiger partial charge in [-0.15, -0.1) is 0 Å². The molecule has 20 heavy (non-hydrogen) atoms. The average molecular weight is 278 g/mol. The van der Waals surface area contributed by atoms with Gasteiger partial charge in [0.2, 0.25) is 0 Å². The average Bonchev–Trinajstić information content (AvgIpc) is 2.84. The van der Waals surface area contributed by atoms with Crippen molar-refractivity contribution in [3.05, 3.63) is 52.3 Å². The van der Waals surface area contributed by atoms with Crippen LogP contribution in [0.1, 0.15) is 19.2 Å². The largest absolute Gasteiger partial charge is 0.372 e. The number of imidazole rings is 1. The SMILES string of the molecule is CCCn1ccnc1CNc1cc(F)ccc1[N+](=O)[O-]. The maximum atomic E-state index is 13.2. The molecular weight excluding hydrogens is 263 g/mol. The van der Waals surface area contributed by atoms with Crippen molar-refractivity contribution in [2.75, 3.05) is 5.32 Å². The number of halogens is 1. The van der Waals surface area contributed by atoms with Crippen LogP contribution in [0.25, 0.3) is 0 Å². The Morgan fingerprint density at radius 3 is 3.00 bits per heavy atom. The Labute approximate surface area is 115 Å². The fraction of sp³-hybridized carbons (Fsp3) is 0.308. The predicted molar refractivity (Wildman–Crippen MR) is 72.9 cm³/mol. The first-order valence-corrected chi connectivity index (χ1v) is 6.29. The minimum atomic E-state index is -0.541. The van der Waals surface area contributed by atoms with Crippen LogP contribution < -0.4 is 5.32 Å². The lowest BCUT2D eigenvalue weighted by Gasteiger charge is -2.09. The van der Waals surface area contributed by atoms with Crippen LogP contribution >= 0.6 is 0 Å². The summed E-state index contributed by atoms with van der Waals surface area (Å²) < 4.78 is 15.1. The summed E-state index contributed by atoms with van der Waals surface area (Å²) in [5.74, 6) is 0.236. The zero-order valence-electron chi connectivity index (χ0n) is 11.0. The van der Waals surface area contributed by atoms with Crippen molar-refractivity contribution in [2.24, 2.45) is 0 Å². The Balaban J connectivity index is 2.16. The topological polar surface area (TPSA) is 73.0 Å². The number of hydrogen-bond donors (Lipinski definition) is 1. The van der Waals surface area contributed by atoms with Gasteiger partial charge in [0.1, 0.15) is 17.3 Å². The maximum Gasteiger partial charge on any atom is 0.292 e. The van der Waals surface area contributed by atoms with Gasteiger partial charge in [-0.3, -0.25) is 10.1 Å². The summed E-state index contributed by atoms with van der Waals surface area (Å²) in [5.41, 5.74) is 0.000969. The highest BCUT2D eigenvalue weighted by Crippen LogP contribution is 2.25. The van der Waals surface area contributed by atoms with Crippen LogP contribution in [0.15, 0.2) is 30.6 Å². The third kappa shape index (κ3) is 3.11. The van der Waals surface area contributed by atoms with Gasteiger partial charge < -0.3 is 9.88 Å². The zero-order chi connectivity index (χ0) is 14.5. The smallest absolute Gasteiger partial charge is 0.292 e. The fourth-order valence-corrected chi connectivity index (χ4v) is 1.94. The summed E-state index contributed by atoms with van der Waals surface area (Å²) in [7, 11) is 0. The number of rotatable bonds is 6. The molecule has 1 aromatic carbocycles. The van der Waals surface area contributed by atoms with Gasteiger partial charge in [0.15, 0.2) is 0 Å². The summed E-state index contributed by atoms with van der Waals surface area (Å²) >= 11 is 0. The van der Waals surface area contributed by atoms with Gasteiger partial charge in [-0.25, -0.2) is 9.37 Å². The molecule has 0 atom stereocenters. The van der Waals surface area contributed by atoms with Crippen molar-refractivity contribution in [3.63, 3.8) is 0 Å². The number of anilines is 1. The van der Waals surface area contributed by atoms with Crippen molar-refractivity contribution in [1.82, 2.24) is 9.55 Å². The van der Waals surface area contributed by atoms with Gasteiger partial charge in [0.05, 0.1) is 11.5 Å². The molecule has 6 nitrogen and oxygen atoms in total. The summed E-state index contributed by atoms with van der Waals surface area (Å²) in [6.07, 6.45) is 4.48. The van der Waals surface area contributed by atoms with Gasteiger partial charge >= 0.3 is 0 Å². The quantitative estimate of drug-likeness (QED) is 0.651. The van der Waals surface area contributed by atoms with Gasteiger partial charge in [-0.1, -0.05) is 6.92 Å². The van der Waals surface area contributed by atoms with Crippen molar-refractivity contribution in [2.45, 2.75) is 26.4 Å². The molecule has 0 bridgehead atoms. The third-order valence-electron chi connectivity index (χ3n) is 2.86. The van der Waals surface area contributed by atoms with Gasteiger partial charge in [0, 0.05) is 31.1 Å². The van der Waals surface area contributed by atoms with Crippen LogP contribution in [0.3, 0.4) is 0 Å². The minimum absolute atomic E-state index is 0.153. The van der Waals surface area contributed by atoms with E-state index in [0.29, 0.717) is 6.54 Å². The molecule has 1 aromatic heterocycles. The van der Waals surface area contributed by atoms with Crippen LogP contribution in [0.5, 0.6) is 0 Å². The highest BCUT2D eigenvalue weighted by atomic mass is 19.1. The number of benzene rings is 1. The van der Waals surface area contributed by atoms with E-state index in [9.17, 15) is 14.5 Å². The van der Waals surface area contributed by atoms with E-state index in [2.05, 4.69) is 17.2 Å². The first-order valence-electron chi connectivity index (χ1n) is 6.29. The summed E-state index contributed by atoms with van der Waals surface area (Å²) in [6, 6.07) is 3.34. The van der Waals surface area contributed by atoms with E-state index in [-0.39, 0.29) is 11.4 Å². The second kappa shape index (κ2) is 6.14. The van der Waals surface area contributed by atoms with Gasteiger partial charge in [-0.05, 0) is 12.5 Å². The van der Waals surface area contributed by atoms with Crippen molar-refractivity contribution in [3.8, 4) is 0 Å². The molecular formula is C13H15FN4O2. The number of aryl methyl sites for hydroxylation is 1. The Morgan fingerprint density at radius 2 is 2.30 bits per heavy atom. The molecule has 0 unspecified atom stereocenters. The van der Waals surface area contributed by atoms with Crippen LogP contribution in [0, 0.1) is 15.9 Å². The van der Waals surface area contributed by atoms with E-state index in [1.165, 1.54) is 0 Å². The van der Waals surface area contributed by atoms with Crippen molar-refractivity contribution in [1.29, 1.82) is 0 Å². The van der Waals surface area contributed by atoms with E-state index in [1.807, 2.05) is 10.8 Å². The standard InChI is InChI=1S/C13H15FN4O2/c1-2-6-17-7-5-15-13(17)9-16-11-8-10(14)3-4-12(11)18(19)20/h3-5,7-8,16H,2,6,9H2,1H3. The minimum Gasteiger partial charge on any atom is -0.372 e.